The van der Waals surface area contributed by atoms with Gasteiger partial charge in [0.1, 0.15) is 5.82 Å². The number of sulfone groups is 1. The number of piperazine rings is 1. The summed E-state index contributed by atoms with van der Waals surface area (Å²) in [6.45, 7) is 2.58. The molecule has 1 aliphatic heterocycles. The zero-order valence-electron chi connectivity index (χ0n) is 13.0. The summed E-state index contributed by atoms with van der Waals surface area (Å²) in [4.78, 5) is 10.8. The second-order valence-corrected chi connectivity index (χ2v) is 7.93. The molecule has 1 aromatic carbocycles. The van der Waals surface area contributed by atoms with Gasteiger partial charge in [-0.05, 0) is 11.1 Å². The van der Waals surface area contributed by atoms with Gasteiger partial charge in [0.2, 0.25) is 0 Å². The van der Waals surface area contributed by atoms with Crippen molar-refractivity contribution in [1.82, 2.24) is 15.3 Å². The number of benzene rings is 1. The summed E-state index contributed by atoms with van der Waals surface area (Å²) in [6.07, 6.45) is 6.39. The molecule has 1 N–H and O–H groups in total. The molecule has 23 heavy (non-hydrogen) atoms. The molecular formula is C16H20N4O2S. The van der Waals surface area contributed by atoms with E-state index >= 15 is 0 Å². The molecule has 0 bridgehead atoms. The van der Waals surface area contributed by atoms with Gasteiger partial charge in [-0.15, -0.1) is 0 Å². The zero-order valence-corrected chi connectivity index (χ0v) is 13.8. The Balaban J connectivity index is 1.83. The number of aromatic nitrogens is 2. The standard InChI is InChI=1S/C16H20N4O2S/c1-23(21,22)12-13-2-4-14(5-3-13)15-10-18-8-9-20(15)16-11-17-6-7-19-16/h2-7,11,15,18H,8-10,12H2,1H3. The summed E-state index contributed by atoms with van der Waals surface area (Å²) in [7, 11) is -3.01. The van der Waals surface area contributed by atoms with E-state index in [0.717, 1.165) is 36.6 Å². The number of nitrogens with zero attached hydrogens (tertiary/aromatic N) is 3. The van der Waals surface area contributed by atoms with Crippen LogP contribution >= 0.6 is 0 Å². The van der Waals surface area contributed by atoms with E-state index in [1.807, 2.05) is 24.3 Å². The Bertz CT molecular complexity index is 747. The molecule has 1 saturated heterocycles. The second kappa shape index (κ2) is 6.64. The molecule has 0 amide bonds. The Kier molecular flexibility index (Phi) is 4.58. The van der Waals surface area contributed by atoms with E-state index in [1.54, 1.807) is 18.6 Å². The fraction of sp³-hybridized carbons (Fsp3) is 0.375. The molecule has 3 rings (SSSR count). The maximum Gasteiger partial charge on any atom is 0.151 e. The smallest absolute Gasteiger partial charge is 0.151 e. The minimum Gasteiger partial charge on any atom is -0.346 e. The summed E-state index contributed by atoms with van der Waals surface area (Å²) < 4.78 is 22.8. The Hall–Kier alpha value is -1.99. The summed E-state index contributed by atoms with van der Waals surface area (Å²) in [6, 6.07) is 7.94. The lowest BCUT2D eigenvalue weighted by Gasteiger charge is -2.37. The Morgan fingerprint density at radius 2 is 2.04 bits per heavy atom. The van der Waals surface area contributed by atoms with Gasteiger partial charge in [-0.2, -0.15) is 0 Å². The molecule has 7 heteroatoms. The normalized spacial score (nSPS) is 18.8. The van der Waals surface area contributed by atoms with E-state index in [1.165, 1.54) is 6.26 Å². The van der Waals surface area contributed by atoms with Crippen molar-refractivity contribution in [3.05, 3.63) is 54.0 Å². The Morgan fingerprint density at radius 1 is 1.26 bits per heavy atom. The minimum atomic E-state index is -3.01. The monoisotopic (exact) mass is 332 g/mol. The third-order valence-corrected chi connectivity index (χ3v) is 4.74. The van der Waals surface area contributed by atoms with Gasteiger partial charge in [0.25, 0.3) is 0 Å². The highest BCUT2D eigenvalue weighted by molar-refractivity contribution is 7.89. The molecule has 1 fully saturated rings. The van der Waals surface area contributed by atoms with E-state index in [4.69, 9.17) is 0 Å². The molecule has 1 unspecified atom stereocenters. The molecule has 0 spiro atoms. The fourth-order valence-corrected chi connectivity index (χ4v) is 3.65. The highest BCUT2D eigenvalue weighted by Gasteiger charge is 2.25. The fourth-order valence-electron chi connectivity index (χ4n) is 2.85. The van der Waals surface area contributed by atoms with Gasteiger partial charge in [0.15, 0.2) is 9.84 Å². The average Bonchev–Trinajstić information content (AvgIpc) is 2.55. The molecule has 0 saturated carbocycles. The van der Waals surface area contributed by atoms with Gasteiger partial charge >= 0.3 is 0 Å². The lowest BCUT2D eigenvalue weighted by molar-refractivity contribution is 0.485. The van der Waals surface area contributed by atoms with E-state index in [0.29, 0.717) is 0 Å². The largest absolute Gasteiger partial charge is 0.346 e. The van der Waals surface area contributed by atoms with Gasteiger partial charge in [-0.1, -0.05) is 24.3 Å². The number of hydrogen-bond donors (Lipinski definition) is 1. The number of nitrogens with one attached hydrogen (secondary N) is 1. The third kappa shape index (κ3) is 4.05. The molecular weight excluding hydrogens is 312 g/mol. The van der Waals surface area contributed by atoms with Crippen molar-refractivity contribution in [2.75, 3.05) is 30.8 Å². The highest BCUT2D eigenvalue weighted by atomic mass is 32.2. The molecule has 2 heterocycles. The quantitative estimate of drug-likeness (QED) is 0.906. The Labute approximate surface area is 136 Å². The van der Waals surface area contributed by atoms with Crippen LogP contribution in [-0.2, 0) is 15.6 Å². The molecule has 1 aromatic heterocycles. The lowest BCUT2D eigenvalue weighted by atomic mass is 10.0. The van der Waals surface area contributed by atoms with Crippen molar-refractivity contribution in [3.63, 3.8) is 0 Å². The molecule has 1 atom stereocenters. The maximum atomic E-state index is 11.4. The molecule has 0 aliphatic carbocycles. The summed E-state index contributed by atoms with van der Waals surface area (Å²) in [5.41, 5.74) is 1.95. The van der Waals surface area contributed by atoms with Crippen LogP contribution < -0.4 is 10.2 Å². The van der Waals surface area contributed by atoms with Crippen LogP contribution in [0.25, 0.3) is 0 Å². The van der Waals surface area contributed by atoms with Crippen LogP contribution in [0, 0.1) is 0 Å². The van der Waals surface area contributed by atoms with Crippen molar-refractivity contribution in [3.8, 4) is 0 Å². The summed E-state index contributed by atoms with van der Waals surface area (Å²) >= 11 is 0. The first-order valence-corrected chi connectivity index (χ1v) is 9.59. The van der Waals surface area contributed by atoms with Crippen LogP contribution in [0.1, 0.15) is 17.2 Å². The van der Waals surface area contributed by atoms with E-state index in [-0.39, 0.29) is 11.8 Å². The Morgan fingerprint density at radius 3 is 2.70 bits per heavy atom. The third-order valence-electron chi connectivity index (χ3n) is 3.88. The number of anilines is 1. The van der Waals surface area contributed by atoms with Crippen molar-refractivity contribution in [1.29, 1.82) is 0 Å². The topological polar surface area (TPSA) is 75.2 Å². The molecule has 6 nitrogen and oxygen atoms in total. The SMILES string of the molecule is CS(=O)(=O)Cc1ccc(C2CNCCN2c2cnccn2)cc1. The minimum absolute atomic E-state index is 0.0735. The zero-order chi connectivity index (χ0) is 16.3. The molecule has 2 aromatic rings. The van der Waals surface area contributed by atoms with Crippen molar-refractivity contribution in [2.45, 2.75) is 11.8 Å². The highest BCUT2D eigenvalue weighted by Crippen LogP contribution is 2.26. The van der Waals surface area contributed by atoms with Gasteiger partial charge in [0, 0.05) is 38.3 Å². The summed E-state index contributed by atoms with van der Waals surface area (Å²) in [5, 5.41) is 3.40. The van der Waals surface area contributed by atoms with Gasteiger partial charge < -0.3 is 10.2 Å². The van der Waals surface area contributed by atoms with Gasteiger partial charge in [0.05, 0.1) is 18.0 Å². The first-order chi connectivity index (χ1) is 11.0. The summed E-state index contributed by atoms with van der Waals surface area (Å²) in [5.74, 6) is 0.934. The predicted molar refractivity (Wildman–Crippen MR) is 90.0 cm³/mol. The van der Waals surface area contributed by atoms with Crippen molar-refractivity contribution >= 4 is 15.7 Å². The van der Waals surface area contributed by atoms with Crippen LogP contribution in [0.2, 0.25) is 0 Å². The van der Waals surface area contributed by atoms with Crippen molar-refractivity contribution < 1.29 is 8.42 Å². The first kappa shape index (κ1) is 15.9. The molecule has 1 aliphatic rings. The van der Waals surface area contributed by atoms with Gasteiger partial charge in [-0.3, -0.25) is 4.98 Å². The molecule has 0 radical (unpaired) electrons. The lowest BCUT2D eigenvalue weighted by Crippen LogP contribution is -2.46. The number of rotatable bonds is 4. The van der Waals surface area contributed by atoms with E-state index < -0.39 is 9.84 Å². The van der Waals surface area contributed by atoms with Crippen LogP contribution in [-0.4, -0.2) is 44.3 Å². The van der Waals surface area contributed by atoms with Crippen LogP contribution in [0.4, 0.5) is 5.82 Å². The van der Waals surface area contributed by atoms with Crippen LogP contribution in [0.15, 0.2) is 42.9 Å². The first-order valence-electron chi connectivity index (χ1n) is 7.53. The van der Waals surface area contributed by atoms with E-state index in [9.17, 15) is 8.42 Å². The maximum absolute atomic E-state index is 11.4. The van der Waals surface area contributed by atoms with Crippen LogP contribution in [0.3, 0.4) is 0 Å². The molecule has 122 valence electrons. The average molecular weight is 332 g/mol. The second-order valence-electron chi connectivity index (χ2n) is 5.79. The van der Waals surface area contributed by atoms with Crippen LogP contribution in [0.5, 0.6) is 0 Å². The van der Waals surface area contributed by atoms with Crippen molar-refractivity contribution in [2.24, 2.45) is 0 Å². The number of hydrogen-bond acceptors (Lipinski definition) is 6. The van der Waals surface area contributed by atoms with Gasteiger partial charge in [-0.25, -0.2) is 13.4 Å². The van der Waals surface area contributed by atoms with E-state index in [2.05, 4.69) is 20.2 Å². The predicted octanol–water partition coefficient (Wildman–Crippen LogP) is 1.17.